The molecule has 0 bridgehead atoms. The molecular formula is C24H19F2NO3. The zero-order chi connectivity index (χ0) is 21.1. The van der Waals surface area contributed by atoms with Crippen LogP contribution in [0.4, 0.5) is 8.78 Å². The third-order valence-electron chi connectivity index (χ3n) is 5.07. The Morgan fingerprint density at radius 3 is 2.47 bits per heavy atom. The number of hydrogen-bond donors (Lipinski definition) is 1. The van der Waals surface area contributed by atoms with Gasteiger partial charge in [0.2, 0.25) is 0 Å². The van der Waals surface area contributed by atoms with Gasteiger partial charge in [-0.05, 0) is 78.4 Å². The summed E-state index contributed by atoms with van der Waals surface area (Å²) < 4.78 is 33.1. The van der Waals surface area contributed by atoms with Crippen LogP contribution in [0.2, 0.25) is 0 Å². The van der Waals surface area contributed by atoms with Gasteiger partial charge in [-0.1, -0.05) is 18.2 Å². The second-order valence-corrected chi connectivity index (χ2v) is 7.08. The maximum absolute atomic E-state index is 14.1. The number of nitrogens with zero attached hydrogens (tertiary/aromatic N) is 1. The first-order valence-electron chi connectivity index (χ1n) is 9.61. The summed E-state index contributed by atoms with van der Waals surface area (Å²) in [4.78, 5) is 15.5. The second-order valence-electron chi connectivity index (χ2n) is 7.08. The first kappa shape index (κ1) is 19.8. The lowest BCUT2D eigenvalue weighted by Crippen LogP contribution is -2.03. The molecular weight excluding hydrogens is 388 g/mol. The molecule has 152 valence electrons. The zero-order valence-electron chi connectivity index (χ0n) is 16.1. The zero-order valence-corrected chi connectivity index (χ0v) is 16.1. The Labute approximate surface area is 172 Å². The van der Waals surface area contributed by atoms with E-state index in [4.69, 9.17) is 4.74 Å². The first-order valence-corrected chi connectivity index (χ1v) is 9.61. The standard InChI is InChI=1S/C24H19F2NO3/c25-16-9-7-15(8-10-16)14-30-23-12-11-17(26)13-20(23)18-3-1-4-19(18)21-5-2-6-22(27-21)24(28)29/h2,5-13H,1,3-4,14H2,(H,28,29). The largest absolute Gasteiger partial charge is 0.488 e. The summed E-state index contributed by atoms with van der Waals surface area (Å²) in [5, 5.41) is 9.24. The first-order chi connectivity index (χ1) is 14.5. The SMILES string of the molecule is O=C(O)c1cccc(C2=C(c3cc(F)ccc3OCc3ccc(F)cc3)CCC2)n1. The molecule has 1 heterocycles. The number of carboxylic acids is 1. The lowest BCUT2D eigenvalue weighted by molar-refractivity contribution is 0.0690. The number of aromatic nitrogens is 1. The van der Waals surface area contributed by atoms with E-state index in [1.165, 1.54) is 30.3 Å². The van der Waals surface area contributed by atoms with E-state index in [0.717, 1.165) is 29.6 Å². The highest BCUT2D eigenvalue weighted by atomic mass is 19.1. The third-order valence-corrected chi connectivity index (χ3v) is 5.07. The third kappa shape index (κ3) is 4.22. The predicted octanol–water partition coefficient (Wildman–Crippen LogP) is 5.73. The van der Waals surface area contributed by atoms with Gasteiger partial charge >= 0.3 is 5.97 Å². The van der Waals surface area contributed by atoms with Crippen molar-refractivity contribution in [2.24, 2.45) is 0 Å². The maximum atomic E-state index is 14.1. The van der Waals surface area contributed by atoms with E-state index < -0.39 is 5.97 Å². The van der Waals surface area contributed by atoms with Crippen LogP contribution in [0.15, 0.2) is 60.7 Å². The van der Waals surface area contributed by atoms with Crippen molar-refractivity contribution in [3.63, 3.8) is 0 Å². The number of rotatable bonds is 6. The number of benzene rings is 2. The number of aromatic carboxylic acids is 1. The minimum Gasteiger partial charge on any atom is -0.488 e. The fourth-order valence-electron chi connectivity index (χ4n) is 3.65. The van der Waals surface area contributed by atoms with Crippen LogP contribution in [0.5, 0.6) is 5.75 Å². The van der Waals surface area contributed by atoms with E-state index in [1.54, 1.807) is 30.3 Å². The molecule has 0 saturated carbocycles. The van der Waals surface area contributed by atoms with E-state index in [2.05, 4.69) is 4.98 Å². The summed E-state index contributed by atoms with van der Waals surface area (Å²) in [7, 11) is 0. The normalized spacial score (nSPS) is 13.5. The summed E-state index contributed by atoms with van der Waals surface area (Å²) in [5.74, 6) is -1.28. The van der Waals surface area contributed by atoms with E-state index in [9.17, 15) is 18.7 Å². The minimum atomic E-state index is -1.09. The molecule has 0 aliphatic heterocycles. The number of carbonyl (C=O) groups is 1. The molecule has 0 atom stereocenters. The van der Waals surface area contributed by atoms with Gasteiger partial charge < -0.3 is 9.84 Å². The van der Waals surface area contributed by atoms with Gasteiger partial charge in [0.25, 0.3) is 0 Å². The van der Waals surface area contributed by atoms with Crippen molar-refractivity contribution >= 4 is 17.1 Å². The van der Waals surface area contributed by atoms with Gasteiger partial charge in [-0.2, -0.15) is 0 Å². The average Bonchev–Trinajstić information content (AvgIpc) is 3.24. The summed E-state index contributed by atoms with van der Waals surface area (Å²) in [6.07, 6.45) is 2.29. The Bertz CT molecular complexity index is 1120. The van der Waals surface area contributed by atoms with Crippen LogP contribution < -0.4 is 4.74 Å². The lowest BCUT2D eigenvalue weighted by atomic mass is 9.98. The summed E-state index contributed by atoms with van der Waals surface area (Å²) >= 11 is 0. The fraction of sp³-hybridized carbons (Fsp3) is 0.167. The predicted molar refractivity (Wildman–Crippen MR) is 109 cm³/mol. The molecule has 4 rings (SSSR count). The Kier molecular flexibility index (Phi) is 5.57. The van der Waals surface area contributed by atoms with Gasteiger partial charge in [0.1, 0.15) is 29.7 Å². The van der Waals surface area contributed by atoms with Gasteiger partial charge in [0, 0.05) is 5.56 Å². The van der Waals surface area contributed by atoms with Crippen LogP contribution in [-0.4, -0.2) is 16.1 Å². The molecule has 1 aliphatic carbocycles. The molecule has 0 unspecified atom stereocenters. The highest BCUT2D eigenvalue weighted by Crippen LogP contribution is 2.42. The van der Waals surface area contributed by atoms with E-state index >= 15 is 0 Å². The smallest absolute Gasteiger partial charge is 0.354 e. The number of halogens is 2. The van der Waals surface area contributed by atoms with Crippen molar-refractivity contribution in [1.29, 1.82) is 0 Å². The Balaban J connectivity index is 1.70. The molecule has 30 heavy (non-hydrogen) atoms. The molecule has 0 spiro atoms. The Hall–Kier alpha value is -3.54. The molecule has 4 nitrogen and oxygen atoms in total. The molecule has 3 aromatic rings. The molecule has 0 radical (unpaired) electrons. The highest BCUT2D eigenvalue weighted by molar-refractivity contribution is 5.94. The van der Waals surface area contributed by atoms with Crippen LogP contribution in [0, 0.1) is 11.6 Å². The van der Waals surface area contributed by atoms with Crippen molar-refractivity contribution in [2.75, 3.05) is 0 Å². The summed E-state index contributed by atoms with van der Waals surface area (Å²) in [6, 6.07) is 15.2. The maximum Gasteiger partial charge on any atom is 0.354 e. The Morgan fingerprint density at radius 2 is 1.70 bits per heavy atom. The van der Waals surface area contributed by atoms with E-state index in [0.29, 0.717) is 23.4 Å². The summed E-state index contributed by atoms with van der Waals surface area (Å²) in [5.41, 5.74) is 3.78. The van der Waals surface area contributed by atoms with E-state index in [-0.39, 0.29) is 23.9 Å². The van der Waals surface area contributed by atoms with Crippen LogP contribution >= 0.6 is 0 Å². The average molecular weight is 407 g/mol. The molecule has 6 heteroatoms. The van der Waals surface area contributed by atoms with Crippen molar-refractivity contribution < 1.29 is 23.4 Å². The van der Waals surface area contributed by atoms with Crippen molar-refractivity contribution in [2.45, 2.75) is 25.9 Å². The molecule has 1 aromatic heterocycles. The van der Waals surface area contributed by atoms with Crippen molar-refractivity contribution in [3.8, 4) is 5.75 Å². The van der Waals surface area contributed by atoms with E-state index in [1.807, 2.05) is 0 Å². The number of pyridine rings is 1. The van der Waals surface area contributed by atoms with Crippen LogP contribution in [0.3, 0.4) is 0 Å². The van der Waals surface area contributed by atoms with Crippen molar-refractivity contribution in [1.82, 2.24) is 4.98 Å². The Morgan fingerprint density at radius 1 is 0.967 bits per heavy atom. The van der Waals surface area contributed by atoms with Gasteiger partial charge in [-0.3, -0.25) is 0 Å². The van der Waals surface area contributed by atoms with Gasteiger partial charge in [-0.15, -0.1) is 0 Å². The number of carboxylic acid groups (broad SMARTS) is 1. The van der Waals surface area contributed by atoms with Gasteiger partial charge in [0.05, 0.1) is 5.69 Å². The van der Waals surface area contributed by atoms with Crippen LogP contribution in [-0.2, 0) is 6.61 Å². The lowest BCUT2D eigenvalue weighted by Gasteiger charge is -2.15. The number of ether oxygens (including phenoxy) is 1. The topological polar surface area (TPSA) is 59.4 Å². The quantitative estimate of drug-likeness (QED) is 0.567. The fourth-order valence-corrected chi connectivity index (χ4v) is 3.65. The molecule has 2 aromatic carbocycles. The molecule has 1 aliphatic rings. The number of hydrogen-bond acceptors (Lipinski definition) is 3. The number of allylic oxidation sites excluding steroid dienone is 2. The van der Waals surface area contributed by atoms with Crippen LogP contribution in [0.25, 0.3) is 11.1 Å². The molecule has 0 fully saturated rings. The van der Waals surface area contributed by atoms with Gasteiger partial charge in [-0.25, -0.2) is 18.6 Å². The van der Waals surface area contributed by atoms with Crippen LogP contribution in [0.1, 0.15) is 46.6 Å². The molecule has 0 amide bonds. The second kappa shape index (κ2) is 8.45. The monoisotopic (exact) mass is 407 g/mol. The molecule has 1 N–H and O–H groups in total. The minimum absolute atomic E-state index is 0.0294. The highest BCUT2D eigenvalue weighted by Gasteiger charge is 2.22. The molecule has 0 saturated heterocycles. The summed E-state index contributed by atoms with van der Waals surface area (Å²) in [6.45, 7) is 0.217. The van der Waals surface area contributed by atoms with Crippen molar-refractivity contribution in [3.05, 3.63) is 94.8 Å². The van der Waals surface area contributed by atoms with Gasteiger partial charge in [0.15, 0.2) is 0 Å².